The van der Waals surface area contributed by atoms with Crippen molar-refractivity contribution in [1.29, 1.82) is 0 Å². The molecule has 4 heterocycles. The summed E-state index contributed by atoms with van der Waals surface area (Å²) < 4.78 is 12.9. The van der Waals surface area contributed by atoms with Crippen LogP contribution in [0.1, 0.15) is 13.8 Å². The van der Waals surface area contributed by atoms with Crippen LogP contribution in [-0.2, 0) is 35.2 Å². The van der Waals surface area contributed by atoms with Gasteiger partial charge in [0, 0.05) is 38.5 Å². The van der Waals surface area contributed by atoms with Crippen molar-refractivity contribution >= 4 is 82.2 Å². The number of nitrogens with zero attached hydrogens (tertiary/aromatic N) is 2. The molecule has 2 unspecified atom stereocenters. The molecule has 1 aromatic heterocycles. The lowest BCUT2D eigenvalue weighted by Gasteiger charge is -2.49. The second kappa shape index (κ2) is 13.5. The molecule has 44 heavy (non-hydrogen) atoms. The van der Waals surface area contributed by atoms with E-state index in [1.165, 1.54) is 40.2 Å². The van der Waals surface area contributed by atoms with Crippen molar-refractivity contribution in [2.75, 3.05) is 17.3 Å². The number of hydrogen-bond acceptors (Lipinski definition) is 10. The second-order valence-corrected chi connectivity index (χ2v) is 14.5. The van der Waals surface area contributed by atoms with Gasteiger partial charge in [-0.1, -0.05) is 23.2 Å². The van der Waals surface area contributed by atoms with Gasteiger partial charge in [-0.15, -0.1) is 35.3 Å². The average Bonchev–Trinajstić information content (AvgIpc) is 3.29. The maximum Gasteiger partial charge on any atom is 0.352 e. The van der Waals surface area contributed by atoms with E-state index in [9.17, 15) is 29.4 Å². The highest BCUT2D eigenvalue weighted by molar-refractivity contribution is 8.01. The van der Waals surface area contributed by atoms with Crippen LogP contribution in [0.3, 0.4) is 0 Å². The quantitative estimate of drug-likeness (QED) is 0.202. The van der Waals surface area contributed by atoms with E-state index in [1.54, 1.807) is 49.0 Å². The minimum Gasteiger partial charge on any atom is -0.547 e. The third-order valence-corrected chi connectivity index (χ3v) is 11.1. The van der Waals surface area contributed by atoms with Gasteiger partial charge in [-0.3, -0.25) is 14.5 Å². The van der Waals surface area contributed by atoms with Gasteiger partial charge in [0.2, 0.25) is 5.91 Å². The molecule has 5 rings (SSSR count). The van der Waals surface area contributed by atoms with Crippen molar-refractivity contribution in [2.45, 2.75) is 59.6 Å². The summed E-state index contributed by atoms with van der Waals surface area (Å²) in [6.07, 6.45) is 1.63. The first-order valence-electron chi connectivity index (χ1n) is 13.3. The Kier molecular flexibility index (Phi) is 10.1. The Labute approximate surface area is 275 Å². The molecule has 16 heteroatoms. The molecule has 2 amide bonds. The lowest BCUT2D eigenvalue weighted by atomic mass is 10.0. The SMILES string of the molecule is CC1(C)OC(C[n+]2ccc(SCC3=C(C(=O)O)N4C(=O)[C@@H](NC(=O)CSc5cc(Cl)ccc5Cl)[C@H]4SC3)cc2)C(C(=O)[O-])O1. The third-order valence-electron chi connectivity index (χ3n) is 6.90. The van der Waals surface area contributed by atoms with E-state index in [-0.39, 0.29) is 23.9 Å². The molecule has 0 saturated carbocycles. The monoisotopic (exact) mass is 699 g/mol. The zero-order chi connectivity index (χ0) is 31.8. The maximum absolute atomic E-state index is 13.0. The standard InChI is InChI=1S/C28H27Cl2N3O8S3/c1-28(2)40-18(23(41-28)27(38)39)10-32-7-5-16(6-8-32)42-11-14-12-44-25-21(24(35)33(25)22(14)26(36)37)31-20(34)13-43-19-9-15(29)3-4-17(19)30/h3-9,18,21,23,25H,10-13H2,1-2H3,(H2-,31,34,36,37,38,39)/t18?,21-,23?,25-/m1/s1. The number of pyridine rings is 1. The zero-order valence-electron chi connectivity index (χ0n) is 23.4. The van der Waals surface area contributed by atoms with Crippen molar-refractivity contribution in [1.82, 2.24) is 10.2 Å². The summed E-state index contributed by atoms with van der Waals surface area (Å²) in [4.78, 5) is 52.0. The number of aromatic nitrogens is 1. The molecule has 3 aliphatic rings. The van der Waals surface area contributed by atoms with Crippen molar-refractivity contribution in [3.05, 3.63) is 64.0 Å². The van der Waals surface area contributed by atoms with Crippen LogP contribution in [0.5, 0.6) is 0 Å². The number of hydrogen-bond donors (Lipinski definition) is 2. The number of halogens is 2. The van der Waals surface area contributed by atoms with Crippen molar-refractivity contribution < 1.29 is 43.4 Å². The largest absolute Gasteiger partial charge is 0.547 e. The summed E-state index contributed by atoms with van der Waals surface area (Å²) in [5.41, 5.74) is 0.539. The second-order valence-electron chi connectivity index (χ2n) is 10.5. The molecule has 2 aromatic rings. The molecule has 3 aliphatic heterocycles. The number of ether oxygens (including phenoxy) is 2. The van der Waals surface area contributed by atoms with Crippen LogP contribution in [0.15, 0.2) is 63.8 Å². The number of fused-ring (bicyclic) bond motifs is 1. The number of thioether (sulfide) groups is 3. The van der Waals surface area contributed by atoms with Crippen LogP contribution in [0.4, 0.5) is 0 Å². The molecular formula is C28H27Cl2N3O8S3. The van der Waals surface area contributed by atoms with E-state index in [4.69, 9.17) is 32.7 Å². The first-order valence-corrected chi connectivity index (χ1v) is 17.1. The molecule has 2 N–H and O–H groups in total. The summed E-state index contributed by atoms with van der Waals surface area (Å²) in [6.45, 7) is 3.52. The van der Waals surface area contributed by atoms with E-state index >= 15 is 0 Å². The van der Waals surface area contributed by atoms with Gasteiger partial charge in [0.25, 0.3) is 5.91 Å². The summed E-state index contributed by atoms with van der Waals surface area (Å²) in [7, 11) is 0. The highest BCUT2D eigenvalue weighted by Crippen LogP contribution is 2.42. The summed E-state index contributed by atoms with van der Waals surface area (Å²) >= 11 is 16.2. The van der Waals surface area contributed by atoms with E-state index in [0.717, 1.165) is 4.90 Å². The fourth-order valence-electron chi connectivity index (χ4n) is 4.95. The third kappa shape index (κ3) is 7.33. The fraction of sp³-hybridized carbons (Fsp3) is 0.393. The first kappa shape index (κ1) is 32.9. The topological polar surface area (TPSA) is 149 Å². The predicted molar refractivity (Wildman–Crippen MR) is 163 cm³/mol. The molecule has 11 nitrogen and oxygen atoms in total. The summed E-state index contributed by atoms with van der Waals surface area (Å²) in [5, 5.41) is 24.6. The van der Waals surface area contributed by atoms with Crippen molar-refractivity contribution in [3.63, 3.8) is 0 Å². The van der Waals surface area contributed by atoms with Gasteiger partial charge in [0.1, 0.15) is 23.2 Å². The number of rotatable bonds is 11. The number of aliphatic carboxylic acids is 2. The number of carbonyl (C=O) groups excluding carboxylic acids is 3. The smallest absolute Gasteiger partial charge is 0.352 e. The maximum atomic E-state index is 13.0. The van der Waals surface area contributed by atoms with Crippen LogP contribution in [0.2, 0.25) is 10.0 Å². The molecule has 0 bridgehead atoms. The highest BCUT2D eigenvalue weighted by atomic mass is 35.5. The Bertz CT molecular complexity index is 1520. The van der Waals surface area contributed by atoms with E-state index in [2.05, 4.69) is 5.32 Å². The molecule has 0 aliphatic carbocycles. The van der Waals surface area contributed by atoms with Crippen LogP contribution in [0.25, 0.3) is 0 Å². The lowest BCUT2D eigenvalue weighted by Crippen LogP contribution is -2.70. The molecule has 4 atom stereocenters. The van der Waals surface area contributed by atoms with Crippen molar-refractivity contribution in [2.24, 2.45) is 0 Å². The number of carbonyl (C=O) groups is 4. The number of carboxylic acids is 2. The molecule has 2 saturated heterocycles. The van der Waals surface area contributed by atoms with Gasteiger partial charge >= 0.3 is 5.97 Å². The molecule has 1 aromatic carbocycles. The molecule has 0 radical (unpaired) electrons. The highest BCUT2D eigenvalue weighted by Gasteiger charge is 2.54. The van der Waals surface area contributed by atoms with E-state index in [0.29, 0.717) is 32.0 Å². The van der Waals surface area contributed by atoms with Crippen LogP contribution in [-0.4, -0.2) is 80.4 Å². The van der Waals surface area contributed by atoms with Crippen molar-refractivity contribution in [3.8, 4) is 0 Å². The Morgan fingerprint density at radius 3 is 2.59 bits per heavy atom. The zero-order valence-corrected chi connectivity index (χ0v) is 27.3. The Balaban J connectivity index is 1.17. The Morgan fingerprint density at radius 2 is 1.91 bits per heavy atom. The Morgan fingerprint density at radius 1 is 1.18 bits per heavy atom. The van der Waals surface area contributed by atoms with Gasteiger partial charge in [-0.05, 0) is 37.6 Å². The van der Waals surface area contributed by atoms with Gasteiger partial charge in [-0.25, -0.2) is 9.36 Å². The van der Waals surface area contributed by atoms with Gasteiger partial charge < -0.3 is 29.8 Å². The molecule has 0 spiro atoms. The minimum atomic E-state index is -1.34. The minimum absolute atomic E-state index is 0.0125. The average molecular weight is 701 g/mol. The molecule has 2 fully saturated rings. The number of carboxylic acid groups (broad SMARTS) is 2. The summed E-state index contributed by atoms with van der Waals surface area (Å²) in [5.74, 6) is -3.69. The van der Waals surface area contributed by atoms with Crippen LogP contribution < -0.4 is 15.0 Å². The van der Waals surface area contributed by atoms with Gasteiger partial charge in [0.15, 0.2) is 30.8 Å². The van der Waals surface area contributed by atoms with Crippen LogP contribution >= 0.6 is 58.5 Å². The first-order chi connectivity index (χ1) is 20.8. The fourth-order valence-corrected chi connectivity index (χ4v) is 8.62. The molecular weight excluding hydrogens is 673 g/mol. The Hall–Kier alpha value is -2.46. The van der Waals surface area contributed by atoms with Crippen LogP contribution in [0, 0.1) is 0 Å². The number of β-lactam (4-membered cyclic amide) rings is 1. The lowest BCUT2D eigenvalue weighted by molar-refractivity contribution is -0.704. The predicted octanol–water partition coefficient (Wildman–Crippen LogP) is 2.17. The van der Waals surface area contributed by atoms with E-state index in [1.807, 2.05) is 12.1 Å². The van der Waals surface area contributed by atoms with Gasteiger partial charge in [-0.2, -0.15) is 0 Å². The summed E-state index contributed by atoms with van der Waals surface area (Å²) in [6, 6.07) is 7.77. The van der Waals surface area contributed by atoms with Gasteiger partial charge in [0.05, 0.1) is 16.7 Å². The molecule has 234 valence electrons. The number of benzene rings is 1. The number of nitrogens with one attached hydrogen (secondary N) is 1. The van der Waals surface area contributed by atoms with E-state index < -0.39 is 47.3 Å². The normalized spacial score (nSPS) is 24.1. The number of amides is 2.